The zero-order valence-electron chi connectivity index (χ0n) is 7.15. The summed E-state index contributed by atoms with van der Waals surface area (Å²) in [6.07, 6.45) is 4.13. The van der Waals surface area contributed by atoms with Gasteiger partial charge in [0.15, 0.2) is 0 Å². The highest BCUT2D eigenvalue weighted by atomic mass is 32.2. The first-order valence-electron chi connectivity index (χ1n) is 3.65. The fourth-order valence-corrected chi connectivity index (χ4v) is 1.42. The molecule has 4 nitrogen and oxygen atoms in total. The Bertz CT molecular complexity index is 304. The number of hydrogen-bond acceptors (Lipinski definition) is 3. The predicted molar refractivity (Wildman–Crippen MR) is 53.1 cm³/mol. The second-order valence-corrected chi connectivity index (χ2v) is 3.31. The maximum atomic E-state index is 10.3. The molecule has 1 rings (SSSR count). The quantitative estimate of drug-likeness (QED) is 0.780. The van der Waals surface area contributed by atoms with Gasteiger partial charge >= 0.3 is 6.09 Å². The fraction of sp³-hybridized carbons (Fsp3) is 0.250. The molecular formula is C8H10N2O2S. The largest absolute Gasteiger partial charge is 0.465 e. The number of carboxylic acid groups (broad SMARTS) is 1. The van der Waals surface area contributed by atoms with Gasteiger partial charge in [0, 0.05) is 11.9 Å². The van der Waals surface area contributed by atoms with Crippen molar-refractivity contribution in [1.82, 2.24) is 4.98 Å². The van der Waals surface area contributed by atoms with E-state index in [0.717, 1.165) is 11.3 Å². The number of pyridine rings is 1. The van der Waals surface area contributed by atoms with Gasteiger partial charge < -0.3 is 5.11 Å². The molecule has 5 heteroatoms. The first-order valence-corrected chi connectivity index (χ1v) is 5.04. The van der Waals surface area contributed by atoms with Crippen molar-refractivity contribution < 1.29 is 9.90 Å². The van der Waals surface area contributed by atoms with Gasteiger partial charge in [-0.25, -0.2) is 4.79 Å². The van der Waals surface area contributed by atoms with E-state index in [-0.39, 0.29) is 0 Å². The summed E-state index contributed by atoms with van der Waals surface area (Å²) in [5, 5.41) is 10.7. The molecule has 1 aromatic rings. The van der Waals surface area contributed by atoms with Crippen LogP contribution in [0.1, 0.15) is 5.56 Å². The molecule has 0 saturated carbocycles. The van der Waals surface area contributed by atoms with Crippen molar-refractivity contribution >= 4 is 23.5 Å². The maximum Gasteiger partial charge on any atom is 0.409 e. The van der Waals surface area contributed by atoms with E-state index in [1.165, 1.54) is 6.20 Å². The highest BCUT2D eigenvalue weighted by Crippen LogP contribution is 2.12. The Kier molecular flexibility index (Phi) is 3.57. The molecular weight excluding hydrogens is 188 g/mol. The van der Waals surface area contributed by atoms with Gasteiger partial charge in [-0.3, -0.25) is 10.3 Å². The van der Waals surface area contributed by atoms with E-state index < -0.39 is 6.09 Å². The summed E-state index contributed by atoms with van der Waals surface area (Å²) < 4.78 is 0. The molecule has 0 fully saturated rings. The van der Waals surface area contributed by atoms with Gasteiger partial charge in [-0.1, -0.05) is 0 Å². The molecule has 1 aromatic heterocycles. The van der Waals surface area contributed by atoms with E-state index in [4.69, 9.17) is 5.11 Å². The van der Waals surface area contributed by atoms with Crippen molar-refractivity contribution in [2.45, 2.75) is 5.75 Å². The van der Waals surface area contributed by atoms with Crippen LogP contribution in [-0.2, 0) is 5.75 Å². The number of aromatic nitrogens is 1. The Morgan fingerprint density at radius 2 is 2.46 bits per heavy atom. The lowest BCUT2D eigenvalue weighted by Crippen LogP contribution is -2.07. The molecule has 0 radical (unpaired) electrons. The standard InChI is InChI=1S/C8H10N2O2S/c1-13-5-6-2-7(4-9-3-6)10-8(11)12/h2-4,10H,5H2,1H3,(H,11,12). The van der Waals surface area contributed by atoms with Gasteiger partial charge in [0.2, 0.25) is 0 Å². The second kappa shape index (κ2) is 4.71. The molecule has 1 heterocycles. The number of thioether (sulfide) groups is 1. The maximum absolute atomic E-state index is 10.3. The first-order chi connectivity index (χ1) is 6.22. The van der Waals surface area contributed by atoms with Gasteiger partial charge in [0.05, 0.1) is 11.9 Å². The minimum atomic E-state index is -1.07. The van der Waals surface area contributed by atoms with Crippen molar-refractivity contribution in [1.29, 1.82) is 0 Å². The van der Waals surface area contributed by atoms with E-state index in [2.05, 4.69) is 10.3 Å². The molecule has 0 unspecified atom stereocenters. The highest BCUT2D eigenvalue weighted by Gasteiger charge is 1.99. The third-order valence-corrected chi connectivity index (χ3v) is 1.98. The molecule has 0 aliphatic heterocycles. The molecule has 0 atom stereocenters. The summed E-state index contributed by atoms with van der Waals surface area (Å²) in [4.78, 5) is 14.2. The van der Waals surface area contributed by atoms with Crippen molar-refractivity contribution in [2.75, 3.05) is 11.6 Å². The number of nitrogens with zero attached hydrogens (tertiary/aromatic N) is 1. The Morgan fingerprint density at radius 1 is 1.69 bits per heavy atom. The number of hydrogen-bond donors (Lipinski definition) is 2. The first kappa shape index (κ1) is 9.85. The Balaban J connectivity index is 2.73. The molecule has 0 aliphatic rings. The van der Waals surface area contributed by atoms with Gasteiger partial charge in [-0.15, -0.1) is 0 Å². The van der Waals surface area contributed by atoms with Gasteiger partial charge in [0.25, 0.3) is 0 Å². The average molecular weight is 198 g/mol. The number of carbonyl (C=O) groups is 1. The van der Waals surface area contributed by atoms with Crippen LogP contribution >= 0.6 is 11.8 Å². The molecule has 1 amide bonds. The number of rotatable bonds is 3. The van der Waals surface area contributed by atoms with Crippen LogP contribution in [0, 0.1) is 0 Å². The van der Waals surface area contributed by atoms with Gasteiger partial charge in [0.1, 0.15) is 0 Å². The van der Waals surface area contributed by atoms with Crippen LogP contribution in [0.2, 0.25) is 0 Å². The Labute approximate surface area is 80.4 Å². The lowest BCUT2D eigenvalue weighted by atomic mass is 10.3. The Morgan fingerprint density at radius 3 is 3.08 bits per heavy atom. The van der Waals surface area contributed by atoms with E-state index >= 15 is 0 Å². The number of nitrogens with one attached hydrogen (secondary N) is 1. The molecule has 0 saturated heterocycles. The number of amides is 1. The number of anilines is 1. The summed E-state index contributed by atoms with van der Waals surface area (Å²) in [7, 11) is 0. The zero-order chi connectivity index (χ0) is 9.68. The fourth-order valence-electron chi connectivity index (χ4n) is 0.925. The lowest BCUT2D eigenvalue weighted by Gasteiger charge is -2.02. The predicted octanol–water partition coefficient (Wildman–Crippen LogP) is 2.03. The minimum absolute atomic E-state index is 0.513. The van der Waals surface area contributed by atoms with Gasteiger partial charge in [-0.05, 0) is 17.9 Å². The highest BCUT2D eigenvalue weighted by molar-refractivity contribution is 7.97. The Hall–Kier alpha value is -1.23. The lowest BCUT2D eigenvalue weighted by molar-refractivity contribution is 0.209. The molecule has 0 aromatic carbocycles. The molecule has 0 spiro atoms. The topological polar surface area (TPSA) is 62.2 Å². The van der Waals surface area contributed by atoms with E-state index in [1.807, 2.05) is 6.26 Å². The molecule has 13 heavy (non-hydrogen) atoms. The molecule has 2 N–H and O–H groups in total. The summed E-state index contributed by atoms with van der Waals surface area (Å²) in [6, 6.07) is 1.78. The van der Waals surface area contributed by atoms with Crippen LogP contribution in [0.3, 0.4) is 0 Å². The van der Waals surface area contributed by atoms with Crippen LogP contribution in [0.5, 0.6) is 0 Å². The van der Waals surface area contributed by atoms with Crippen molar-refractivity contribution in [3.05, 3.63) is 24.0 Å². The monoisotopic (exact) mass is 198 g/mol. The van der Waals surface area contributed by atoms with Crippen molar-refractivity contribution in [3.8, 4) is 0 Å². The van der Waals surface area contributed by atoms with Crippen LogP contribution < -0.4 is 5.32 Å². The normalized spacial score (nSPS) is 9.62. The zero-order valence-corrected chi connectivity index (χ0v) is 7.97. The van der Waals surface area contributed by atoms with E-state index in [0.29, 0.717) is 5.69 Å². The summed E-state index contributed by atoms with van der Waals surface area (Å²) in [5.41, 5.74) is 1.53. The molecule has 0 bridgehead atoms. The summed E-state index contributed by atoms with van der Waals surface area (Å²) in [6.45, 7) is 0. The van der Waals surface area contributed by atoms with Crippen molar-refractivity contribution in [2.24, 2.45) is 0 Å². The SMILES string of the molecule is CSCc1cncc(NC(=O)O)c1. The van der Waals surface area contributed by atoms with Crippen LogP contribution in [0.4, 0.5) is 10.5 Å². The van der Waals surface area contributed by atoms with Crippen molar-refractivity contribution in [3.63, 3.8) is 0 Å². The van der Waals surface area contributed by atoms with E-state index in [9.17, 15) is 4.79 Å². The molecule has 70 valence electrons. The minimum Gasteiger partial charge on any atom is -0.465 e. The summed E-state index contributed by atoms with van der Waals surface area (Å²) in [5.74, 6) is 0.835. The third-order valence-electron chi connectivity index (χ3n) is 1.36. The average Bonchev–Trinajstić information content (AvgIpc) is 2.04. The summed E-state index contributed by atoms with van der Waals surface area (Å²) >= 11 is 1.67. The molecule has 0 aliphatic carbocycles. The van der Waals surface area contributed by atoms with Crippen LogP contribution in [0.15, 0.2) is 18.5 Å². The smallest absolute Gasteiger partial charge is 0.409 e. The second-order valence-electron chi connectivity index (χ2n) is 2.45. The van der Waals surface area contributed by atoms with Gasteiger partial charge in [-0.2, -0.15) is 11.8 Å². The third kappa shape index (κ3) is 3.33. The van der Waals surface area contributed by atoms with Crippen LogP contribution in [0.25, 0.3) is 0 Å². The van der Waals surface area contributed by atoms with E-state index in [1.54, 1.807) is 24.0 Å². The van der Waals surface area contributed by atoms with Crippen LogP contribution in [-0.4, -0.2) is 22.4 Å².